The monoisotopic (exact) mass is 200 g/mol. The Labute approximate surface area is 85.3 Å². The van der Waals surface area contributed by atoms with Gasteiger partial charge in [0.25, 0.3) is 0 Å². The Balaban J connectivity index is 2.09. The van der Waals surface area contributed by atoms with E-state index in [1.165, 1.54) is 0 Å². The highest BCUT2D eigenvalue weighted by molar-refractivity contribution is 5.74. The summed E-state index contributed by atoms with van der Waals surface area (Å²) < 4.78 is 0. The van der Waals surface area contributed by atoms with Crippen molar-refractivity contribution in [2.45, 2.75) is 39.2 Å². The van der Waals surface area contributed by atoms with Crippen molar-refractivity contribution in [3.05, 3.63) is 0 Å². The van der Waals surface area contributed by atoms with Gasteiger partial charge in [0.1, 0.15) is 0 Å². The van der Waals surface area contributed by atoms with Crippen LogP contribution in [-0.4, -0.2) is 25.1 Å². The Bertz CT molecular complexity index is 177. The molecule has 1 unspecified atom stereocenters. The van der Waals surface area contributed by atoms with Crippen LogP contribution in [0.1, 0.15) is 33.1 Å². The number of carbonyl (C=O) groups is 1. The summed E-state index contributed by atoms with van der Waals surface area (Å²) in [6.45, 7) is 5.92. The molecule has 4 heteroatoms. The van der Waals surface area contributed by atoms with Crippen molar-refractivity contribution < 1.29 is 9.63 Å². The molecular formula is C10H20N2O2. The van der Waals surface area contributed by atoms with E-state index in [1.807, 2.05) is 13.8 Å². The van der Waals surface area contributed by atoms with Gasteiger partial charge in [0.05, 0.1) is 6.10 Å². The molecule has 2 N–H and O–H groups in total. The van der Waals surface area contributed by atoms with Gasteiger partial charge in [-0.2, -0.15) is 0 Å². The van der Waals surface area contributed by atoms with Crippen molar-refractivity contribution in [3.8, 4) is 0 Å². The normalized spacial score (nSPS) is 22.4. The zero-order chi connectivity index (χ0) is 10.4. The summed E-state index contributed by atoms with van der Waals surface area (Å²) in [6.07, 6.45) is 2.81. The molecule has 0 saturated carbocycles. The second-order valence-electron chi connectivity index (χ2n) is 4.21. The molecule has 0 radical (unpaired) electrons. The Hall–Kier alpha value is -0.610. The van der Waals surface area contributed by atoms with E-state index in [0.29, 0.717) is 12.3 Å². The molecule has 1 fully saturated rings. The first-order chi connectivity index (χ1) is 6.68. The lowest BCUT2D eigenvalue weighted by atomic mass is 10.1. The first-order valence-corrected chi connectivity index (χ1v) is 5.33. The van der Waals surface area contributed by atoms with Crippen LogP contribution in [0.25, 0.3) is 0 Å². The van der Waals surface area contributed by atoms with E-state index in [4.69, 9.17) is 4.84 Å². The highest BCUT2D eigenvalue weighted by atomic mass is 16.7. The molecule has 1 aliphatic rings. The molecule has 82 valence electrons. The fraction of sp³-hybridized carbons (Fsp3) is 0.900. The molecule has 0 aromatic rings. The highest BCUT2D eigenvalue weighted by Crippen LogP contribution is 2.05. The summed E-state index contributed by atoms with van der Waals surface area (Å²) in [5.41, 5.74) is 2.50. The molecular weight excluding hydrogens is 180 g/mol. The lowest BCUT2D eigenvalue weighted by Gasteiger charge is -2.22. The van der Waals surface area contributed by atoms with Gasteiger partial charge in [0, 0.05) is 13.0 Å². The number of nitrogens with one attached hydrogen (secondary N) is 2. The van der Waals surface area contributed by atoms with Gasteiger partial charge in [-0.1, -0.05) is 13.8 Å². The van der Waals surface area contributed by atoms with E-state index < -0.39 is 0 Å². The summed E-state index contributed by atoms with van der Waals surface area (Å²) in [7, 11) is 0. The van der Waals surface area contributed by atoms with Crippen LogP contribution in [0.5, 0.6) is 0 Å². The molecule has 0 spiro atoms. The minimum absolute atomic E-state index is 0.0226. The molecule has 0 aromatic heterocycles. The van der Waals surface area contributed by atoms with E-state index >= 15 is 0 Å². The molecule has 1 aliphatic heterocycles. The molecule has 4 nitrogen and oxygen atoms in total. The molecule has 1 atom stereocenters. The van der Waals surface area contributed by atoms with Gasteiger partial charge in [-0.25, -0.2) is 5.48 Å². The summed E-state index contributed by atoms with van der Waals surface area (Å²) >= 11 is 0. The second kappa shape index (κ2) is 5.98. The van der Waals surface area contributed by atoms with Crippen molar-refractivity contribution in [1.29, 1.82) is 0 Å². The number of amides is 1. The van der Waals surface area contributed by atoms with Crippen LogP contribution >= 0.6 is 0 Å². The first-order valence-electron chi connectivity index (χ1n) is 5.33. The van der Waals surface area contributed by atoms with Crippen molar-refractivity contribution in [2.75, 3.05) is 13.1 Å². The summed E-state index contributed by atoms with van der Waals surface area (Å²) in [6, 6.07) is 0. The van der Waals surface area contributed by atoms with Gasteiger partial charge in [-0.3, -0.25) is 9.63 Å². The maximum atomic E-state index is 11.2. The molecule has 1 amide bonds. The summed E-state index contributed by atoms with van der Waals surface area (Å²) in [4.78, 5) is 16.5. The largest absolute Gasteiger partial charge is 0.314 e. The van der Waals surface area contributed by atoms with Gasteiger partial charge >= 0.3 is 0 Å². The third-order valence-electron chi connectivity index (χ3n) is 2.18. The Morgan fingerprint density at radius 1 is 1.64 bits per heavy atom. The third-order valence-corrected chi connectivity index (χ3v) is 2.18. The fourth-order valence-electron chi connectivity index (χ4n) is 1.48. The van der Waals surface area contributed by atoms with Crippen LogP contribution in [-0.2, 0) is 9.63 Å². The second-order valence-corrected chi connectivity index (χ2v) is 4.21. The van der Waals surface area contributed by atoms with Crippen LogP contribution in [0.4, 0.5) is 0 Å². The number of hydrogen-bond acceptors (Lipinski definition) is 3. The van der Waals surface area contributed by atoms with Crippen LogP contribution in [0.3, 0.4) is 0 Å². The van der Waals surface area contributed by atoms with Crippen LogP contribution in [0.2, 0.25) is 0 Å². The van der Waals surface area contributed by atoms with Gasteiger partial charge in [0.15, 0.2) is 0 Å². The minimum Gasteiger partial charge on any atom is -0.314 e. The predicted octanol–water partition coefficient (Wildman–Crippen LogP) is 0.832. The fourth-order valence-corrected chi connectivity index (χ4v) is 1.48. The molecule has 14 heavy (non-hydrogen) atoms. The third kappa shape index (κ3) is 4.58. The molecule has 1 saturated heterocycles. The Morgan fingerprint density at radius 2 is 2.43 bits per heavy atom. The highest BCUT2D eigenvalue weighted by Gasteiger charge is 2.14. The maximum absolute atomic E-state index is 11.2. The van der Waals surface area contributed by atoms with Gasteiger partial charge in [0.2, 0.25) is 5.91 Å². The van der Waals surface area contributed by atoms with E-state index in [9.17, 15) is 4.79 Å². The number of rotatable bonds is 4. The van der Waals surface area contributed by atoms with Crippen molar-refractivity contribution in [2.24, 2.45) is 5.92 Å². The van der Waals surface area contributed by atoms with Crippen molar-refractivity contribution in [3.63, 3.8) is 0 Å². The zero-order valence-corrected chi connectivity index (χ0v) is 9.01. The average Bonchev–Trinajstić information content (AvgIpc) is 2.15. The first kappa shape index (κ1) is 11.5. The van der Waals surface area contributed by atoms with E-state index in [0.717, 1.165) is 25.9 Å². The number of hydroxylamine groups is 1. The zero-order valence-electron chi connectivity index (χ0n) is 9.01. The quantitative estimate of drug-likeness (QED) is 0.661. The standard InChI is InChI=1S/C10H20N2O2/c1-8(2)6-10(13)12-14-9-4-3-5-11-7-9/h8-9,11H,3-7H2,1-2H3,(H,12,13). The molecule has 0 aliphatic carbocycles. The van der Waals surface area contributed by atoms with E-state index in [1.54, 1.807) is 0 Å². The van der Waals surface area contributed by atoms with Crippen LogP contribution < -0.4 is 10.8 Å². The molecule has 0 aromatic carbocycles. The van der Waals surface area contributed by atoms with E-state index in [-0.39, 0.29) is 12.0 Å². The molecule has 1 heterocycles. The summed E-state index contributed by atoms with van der Waals surface area (Å²) in [5.74, 6) is 0.355. The SMILES string of the molecule is CC(C)CC(=O)NOC1CCCNC1. The predicted molar refractivity (Wildman–Crippen MR) is 54.6 cm³/mol. The average molecular weight is 200 g/mol. The maximum Gasteiger partial charge on any atom is 0.243 e. The van der Waals surface area contributed by atoms with Gasteiger partial charge in [-0.05, 0) is 25.3 Å². The lowest BCUT2D eigenvalue weighted by molar-refractivity contribution is -0.140. The van der Waals surface area contributed by atoms with Gasteiger partial charge < -0.3 is 5.32 Å². The van der Waals surface area contributed by atoms with Crippen molar-refractivity contribution in [1.82, 2.24) is 10.8 Å². The minimum atomic E-state index is -0.0226. The molecule has 0 bridgehead atoms. The van der Waals surface area contributed by atoms with Crippen LogP contribution in [0.15, 0.2) is 0 Å². The topological polar surface area (TPSA) is 50.4 Å². The number of carbonyl (C=O) groups excluding carboxylic acids is 1. The Kier molecular flexibility index (Phi) is 4.90. The molecule has 1 rings (SSSR count). The number of hydrogen-bond donors (Lipinski definition) is 2. The van der Waals surface area contributed by atoms with Gasteiger partial charge in [-0.15, -0.1) is 0 Å². The lowest BCUT2D eigenvalue weighted by Crippen LogP contribution is -2.40. The van der Waals surface area contributed by atoms with Crippen LogP contribution in [0, 0.1) is 5.92 Å². The summed E-state index contributed by atoms with van der Waals surface area (Å²) in [5, 5.41) is 3.22. The van der Waals surface area contributed by atoms with E-state index in [2.05, 4.69) is 10.8 Å². The Morgan fingerprint density at radius 3 is 3.00 bits per heavy atom. The number of piperidine rings is 1. The smallest absolute Gasteiger partial charge is 0.243 e. The van der Waals surface area contributed by atoms with Crippen molar-refractivity contribution >= 4 is 5.91 Å².